The quantitative estimate of drug-likeness (QED) is 0.911. The van der Waals surface area contributed by atoms with Crippen molar-refractivity contribution >= 4 is 11.8 Å². The molecule has 1 saturated heterocycles. The van der Waals surface area contributed by atoms with Crippen LogP contribution in [0.2, 0.25) is 0 Å². The van der Waals surface area contributed by atoms with Crippen molar-refractivity contribution in [3.63, 3.8) is 0 Å². The summed E-state index contributed by atoms with van der Waals surface area (Å²) in [6.45, 7) is 3.67. The predicted molar refractivity (Wildman–Crippen MR) is 73.5 cm³/mol. The highest BCUT2D eigenvalue weighted by Gasteiger charge is 2.54. The third-order valence-corrected chi connectivity index (χ3v) is 4.44. The van der Waals surface area contributed by atoms with Gasteiger partial charge < -0.3 is 10.2 Å². The molecule has 2 fully saturated rings. The summed E-state index contributed by atoms with van der Waals surface area (Å²) in [5.74, 6) is -0.497. The molecular formula is C15H18FN3O2. The molecule has 2 aliphatic rings. The molecular weight excluding hydrogens is 273 g/mol. The van der Waals surface area contributed by atoms with Crippen molar-refractivity contribution in [2.75, 3.05) is 0 Å². The van der Waals surface area contributed by atoms with E-state index in [0.29, 0.717) is 5.56 Å². The number of nitrogens with zero attached hydrogens (tertiary/aromatic N) is 2. The fraction of sp³-hybridized carbons (Fsp3) is 0.533. The molecule has 1 aromatic heterocycles. The van der Waals surface area contributed by atoms with Crippen LogP contribution in [-0.2, 0) is 16.1 Å². The molecule has 1 saturated carbocycles. The first-order valence-corrected chi connectivity index (χ1v) is 7.14. The Morgan fingerprint density at radius 1 is 1.43 bits per heavy atom. The number of nitrogens with one attached hydrogen (secondary N) is 1. The van der Waals surface area contributed by atoms with Gasteiger partial charge in [0.05, 0.1) is 6.20 Å². The molecule has 2 atom stereocenters. The second kappa shape index (κ2) is 4.79. The molecule has 1 aromatic rings. The molecule has 2 unspecified atom stereocenters. The first-order valence-electron chi connectivity index (χ1n) is 7.14. The van der Waals surface area contributed by atoms with Crippen molar-refractivity contribution in [1.29, 1.82) is 0 Å². The maximum atomic E-state index is 13.2. The summed E-state index contributed by atoms with van der Waals surface area (Å²) < 4.78 is 13.2. The van der Waals surface area contributed by atoms with Crippen LogP contribution in [0, 0.1) is 11.7 Å². The molecule has 6 heteroatoms. The van der Waals surface area contributed by atoms with Gasteiger partial charge >= 0.3 is 0 Å². The second-order valence-electron chi connectivity index (χ2n) is 6.09. The van der Waals surface area contributed by atoms with Crippen LogP contribution < -0.4 is 5.32 Å². The number of carbonyl (C=O) groups excluding carboxylic acids is 2. The number of pyridine rings is 1. The molecule has 1 aliphatic carbocycles. The van der Waals surface area contributed by atoms with E-state index < -0.39 is 17.4 Å². The maximum Gasteiger partial charge on any atom is 0.249 e. The first kappa shape index (κ1) is 14.0. The Morgan fingerprint density at radius 3 is 2.76 bits per heavy atom. The Hall–Kier alpha value is -1.98. The summed E-state index contributed by atoms with van der Waals surface area (Å²) >= 11 is 0. The summed E-state index contributed by atoms with van der Waals surface area (Å²) in [5, 5.41) is 2.86. The third kappa shape index (κ3) is 2.39. The van der Waals surface area contributed by atoms with Crippen molar-refractivity contribution in [2.45, 2.75) is 44.8 Å². The maximum absolute atomic E-state index is 13.2. The van der Waals surface area contributed by atoms with E-state index in [2.05, 4.69) is 10.3 Å². The number of carbonyl (C=O) groups is 2. The van der Waals surface area contributed by atoms with Gasteiger partial charge in [0.15, 0.2) is 0 Å². The molecule has 0 spiro atoms. The van der Waals surface area contributed by atoms with Gasteiger partial charge in [0, 0.05) is 12.7 Å². The van der Waals surface area contributed by atoms with Gasteiger partial charge in [-0.2, -0.15) is 0 Å². The standard InChI is InChI=1S/C15H18FN3O2/c1-9-13(20)18-15(2,11-3-4-11)14(21)19(9)8-10-5-12(16)7-17-6-10/h5-7,9,11H,3-4,8H2,1-2H3,(H,18,20). The lowest BCUT2D eigenvalue weighted by atomic mass is 9.89. The van der Waals surface area contributed by atoms with E-state index in [1.54, 1.807) is 13.8 Å². The number of amides is 2. The van der Waals surface area contributed by atoms with Gasteiger partial charge in [0.2, 0.25) is 11.8 Å². The molecule has 1 aliphatic heterocycles. The fourth-order valence-corrected chi connectivity index (χ4v) is 2.91. The van der Waals surface area contributed by atoms with Crippen LogP contribution in [0.5, 0.6) is 0 Å². The zero-order valence-electron chi connectivity index (χ0n) is 12.1. The lowest BCUT2D eigenvalue weighted by molar-refractivity contribution is -0.155. The molecule has 1 N–H and O–H groups in total. The number of rotatable bonds is 3. The van der Waals surface area contributed by atoms with Crippen LogP contribution in [0.25, 0.3) is 0 Å². The normalized spacial score (nSPS) is 29.5. The number of halogens is 1. The van der Waals surface area contributed by atoms with E-state index >= 15 is 0 Å². The highest BCUT2D eigenvalue weighted by molar-refractivity contribution is 5.99. The summed E-state index contributed by atoms with van der Waals surface area (Å²) in [6, 6.07) is 0.779. The highest BCUT2D eigenvalue weighted by Crippen LogP contribution is 2.42. The predicted octanol–water partition coefficient (Wildman–Crippen LogP) is 1.24. The van der Waals surface area contributed by atoms with Gasteiger partial charge in [-0.15, -0.1) is 0 Å². The van der Waals surface area contributed by atoms with E-state index in [1.807, 2.05) is 0 Å². The Labute approximate surface area is 122 Å². The van der Waals surface area contributed by atoms with Crippen LogP contribution in [0.3, 0.4) is 0 Å². The van der Waals surface area contributed by atoms with Gasteiger partial charge in [0.1, 0.15) is 17.4 Å². The average molecular weight is 291 g/mol. The minimum absolute atomic E-state index is 0.0960. The zero-order valence-corrected chi connectivity index (χ0v) is 12.1. The molecule has 0 aromatic carbocycles. The van der Waals surface area contributed by atoms with Gasteiger partial charge in [-0.1, -0.05) is 0 Å². The Balaban J connectivity index is 1.87. The highest BCUT2D eigenvalue weighted by atomic mass is 19.1. The van der Waals surface area contributed by atoms with E-state index in [4.69, 9.17) is 0 Å². The minimum atomic E-state index is -0.829. The Morgan fingerprint density at radius 2 is 2.14 bits per heavy atom. The summed E-state index contributed by atoms with van der Waals surface area (Å²) in [4.78, 5) is 30.2. The molecule has 0 bridgehead atoms. The summed E-state index contributed by atoms with van der Waals surface area (Å²) in [7, 11) is 0. The molecule has 2 heterocycles. The van der Waals surface area contributed by atoms with E-state index in [0.717, 1.165) is 19.0 Å². The third-order valence-electron chi connectivity index (χ3n) is 4.44. The molecule has 5 nitrogen and oxygen atoms in total. The lowest BCUT2D eigenvalue weighted by Crippen LogP contribution is -2.69. The largest absolute Gasteiger partial charge is 0.340 e. The molecule has 0 radical (unpaired) electrons. The Kier molecular flexibility index (Phi) is 3.19. The topological polar surface area (TPSA) is 62.3 Å². The monoisotopic (exact) mass is 291 g/mol. The zero-order chi connectivity index (χ0) is 15.2. The second-order valence-corrected chi connectivity index (χ2v) is 6.09. The van der Waals surface area contributed by atoms with Crippen molar-refractivity contribution in [3.05, 3.63) is 29.8 Å². The van der Waals surface area contributed by atoms with Crippen LogP contribution in [0.1, 0.15) is 32.3 Å². The van der Waals surface area contributed by atoms with E-state index in [-0.39, 0.29) is 24.3 Å². The van der Waals surface area contributed by atoms with Crippen molar-refractivity contribution in [1.82, 2.24) is 15.2 Å². The van der Waals surface area contributed by atoms with Crippen molar-refractivity contribution < 1.29 is 14.0 Å². The fourth-order valence-electron chi connectivity index (χ4n) is 2.91. The Bertz CT molecular complexity index is 602. The van der Waals surface area contributed by atoms with Crippen LogP contribution in [0.15, 0.2) is 18.5 Å². The minimum Gasteiger partial charge on any atom is -0.340 e. The van der Waals surface area contributed by atoms with Gasteiger partial charge in [-0.3, -0.25) is 14.6 Å². The van der Waals surface area contributed by atoms with Gasteiger partial charge in [0.25, 0.3) is 0 Å². The smallest absolute Gasteiger partial charge is 0.249 e. The van der Waals surface area contributed by atoms with E-state index in [1.165, 1.54) is 17.2 Å². The van der Waals surface area contributed by atoms with Crippen LogP contribution in [0.4, 0.5) is 4.39 Å². The number of hydrogen-bond donors (Lipinski definition) is 1. The van der Waals surface area contributed by atoms with Gasteiger partial charge in [-0.05, 0) is 44.2 Å². The lowest BCUT2D eigenvalue weighted by Gasteiger charge is -2.43. The molecule has 21 heavy (non-hydrogen) atoms. The molecule has 112 valence electrons. The molecule has 3 rings (SSSR count). The van der Waals surface area contributed by atoms with E-state index in [9.17, 15) is 14.0 Å². The molecule has 2 amide bonds. The average Bonchev–Trinajstić information content (AvgIpc) is 3.26. The van der Waals surface area contributed by atoms with Crippen molar-refractivity contribution in [2.24, 2.45) is 5.92 Å². The SMILES string of the molecule is CC1C(=O)NC(C)(C2CC2)C(=O)N1Cc1cncc(F)c1. The number of hydrogen-bond acceptors (Lipinski definition) is 3. The first-order chi connectivity index (χ1) is 9.91. The number of aromatic nitrogens is 1. The summed E-state index contributed by atoms with van der Waals surface area (Å²) in [5.41, 5.74) is -0.243. The van der Waals surface area contributed by atoms with Crippen LogP contribution in [-0.4, -0.2) is 33.3 Å². The summed E-state index contributed by atoms with van der Waals surface area (Å²) in [6.07, 6.45) is 4.54. The van der Waals surface area contributed by atoms with Crippen molar-refractivity contribution in [3.8, 4) is 0 Å². The number of piperazine rings is 1. The van der Waals surface area contributed by atoms with Gasteiger partial charge in [-0.25, -0.2) is 4.39 Å². The van der Waals surface area contributed by atoms with Crippen LogP contribution >= 0.6 is 0 Å².